The minimum absolute atomic E-state index is 0.00909. The van der Waals surface area contributed by atoms with Gasteiger partial charge in [-0.25, -0.2) is 9.67 Å². The van der Waals surface area contributed by atoms with Crippen LogP contribution in [0.15, 0.2) is 110 Å². The van der Waals surface area contributed by atoms with Gasteiger partial charge < -0.3 is 115 Å². The number of fused-ring (bicyclic) bond motifs is 6. The van der Waals surface area contributed by atoms with E-state index in [0.29, 0.717) is 84.7 Å². The maximum absolute atomic E-state index is 16.0. The number of para-hydroxylation sites is 1. The number of phenols is 1. The molecule has 11 rings (SSSR count). The average Bonchev–Trinajstić information content (AvgIpc) is 1.69. The molecular formula is C97H134N24O19S. The number of aliphatic carboxylic acids is 1. The van der Waals surface area contributed by atoms with Crippen molar-refractivity contribution in [2.75, 3.05) is 57.8 Å². The van der Waals surface area contributed by atoms with Crippen LogP contribution in [0.4, 0.5) is 0 Å². The molecular weight excluding hydrogens is 1840 g/mol. The molecule has 0 bridgehead atoms. The van der Waals surface area contributed by atoms with E-state index < -0.39 is 211 Å². The van der Waals surface area contributed by atoms with E-state index in [9.17, 15) is 39.3 Å². The highest BCUT2D eigenvalue weighted by Gasteiger charge is 2.47. The first-order valence-corrected chi connectivity index (χ1v) is 49.8. The van der Waals surface area contributed by atoms with Crippen molar-refractivity contribution in [1.82, 2.24) is 108 Å². The summed E-state index contributed by atoms with van der Waals surface area (Å²) in [6, 6.07) is 5.65. The fraction of sp³-hybridized carbons (Fsp3) is 0.546. The van der Waals surface area contributed by atoms with Gasteiger partial charge in [0.05, 0.1) is 37.2 Å². The van der Waals surface area contributed by atoms with Crippen LogP contribution in [0.5, 0.6) is 5.75 Å². The Morgan fingerprint density at radius 1 is 0.546 bits per heavy atom. The summed E-state index contributed by atoms with van der Waals surface area (Å²) in [6.45, 7) is 6.38. The first-order chi connectivity index (χ1) is 67.8. The van der Waals surface area contributed by atoms with Crippen molar-refractivity contribution in [2.24, 2.45) is 23.1 Å². The van der Waals surface area contributed by atoms with E-state index in [1.807, 2.05) is 68.4 Å². The number of nitrogens with one attached hydrogen (secondary N) is 12. The van der Waals surface area contributed by atoms with Gasteiger partial charge in [-0.2, -0.15) is 0 Å². The highest BCUT2D eigenvalue weighted by Crippen LogP contribution is 2.32. The van der Waals surface area contributed by atoms with Gasteiger partial charge in [0.25, 0.3) is 0 Å². The molecule has 15 amide bonds. The van der Waals surface area contributed by atoms with Crippen LogP contribution in [0.1, 0.15) is 196 Å². The molecule has 15 atom stereocenters. The summed E-state index contributed by atoms with van der Waals surface area (Å²) in [4.78, 5) is 254. The Morgan fingerprint density at radius 3 is 1.79 bits per heavy atom. The van der Waals surface area contributed by atoms with Crippen molar-refractivity contribution >= 4 is 128 Å². The molecule has 44 heteroatoms. The Morgan fingerprint density at radius 2 is 1.12 bits per heavy atom. The number of tetrazole rings is 1. The van der Waals surface area contributed by atoms with Crippen LogP contribution < -0.4 is 70.4 Å². The second-order valence-corrected chi connectivity index (χ2v) is 38.1. The number of phenolic OH excluding ortho intramolecular Hbond substituents is 1. The number of carboxylic acid groups (broad SMARTS) is 1. The van der Waals surface area contributed by atoms with Crippen molar-refractivity contribution in [1.29, 1.82) is 0 Å². The minimum atomic E-state index is -1.87. The molecule has 4 aliphatic rings. The lowest BCUT2D eigenvalue weighted by atomic mass is 9.97. The molecule has 7 aromatic rings. The van der Waals surface area contributed by atoms with Crippen molar-refractivity contribution in [3.05, 3.63) is 138 Å². The quantitative estimate of drug-likeness (QED) is 0.0290. The van der Waals surface area contributed by atoms with Gasteiger partial charge in [-0.3, -0.25) is 76.7 Å². The number of aromatic amines is 2. The van der Waals surface area contributed by atoms with Crippen molar-refractivity contribution < 1.29 is 92.0 Å². The van der Waals surface area contributed by atoms with E-state index >= 15 is 52.7 Å². The van der Waals surface area contributed by atoms with Gasteiger partial charge >= 0.3 is 5.97 Å². The Kier molecular flexibility index (Phi) is 40.3. The third kappa shape index (κ3) is 29.8. The molecule has 3 aromatic heterocycles. The summed E-state index contributed by atoms with van der Waals surface area (Å²) in [5, 5.41) is 75.8. The lowest BCUT2D eigenvalue weighted by Gasteiger charge is -2.38. The number of piperidine rings is 1. The van der Waals surface area contributed by atoms with E-state index in [1.165, 1.54) is 58.3 Å². The Bertz CT molecular complexity index is 5500. The number of hydrogen-bond acceptors (Lipinski definition) is 25. The Balaban J connectivity index is 0.982. The molecule has 0 aliphatic carbocycles. The van der Waals surface area contributed by atoms with E-state index in [-0.39, 0.29) is 146 Å². The number of imidazole rings is 1. The lowest BCUT2D eigenvalue weighted by Crippen LogP contribution is -2.61. The number of benzene rings is 4. The van der Waals surface area contributed by atoms with Crippen LogP contribution in [-0.2, 0) is 102 Å². The molecule has 43 nitrogen and oxygen atoms in total. The zero-order chi connectivity index (χ0) is 102. The molecule has 7 heterocycles. The SMILES string of the molecule is CCCC[C@H]1C(=O)N[C@@H](CC(C)C)C(=O)N[C@H](C(=O)NCC(N)=O)CSCC(=O)N[C@@H](Cc2ccc(O)cc2)C(=O)N2CCCC[C@H]2C(=O)N[C@@H](CC(=O)O)C(=O)N2CCC[C@H]2C(=O)N[C@@H](Cc2cnc[nH]2)C(=O)N[C@@H](CCCCN)C(=O)N2C[C@H](O)C[C@H]2C(=O)N[C@@H](Cc2c[nH]c3ccccc23)C(=O)N[C@@H](CCCCN)C(=O)N[C@@H](Cc2cccc3ccccc23)c2nnnn2[C@@H](CCCC)C(=O)N1C. The van der Waals surface area contributed by atoms with Gasteiger partial charge in [0.1, 0.15) is 84.3 Å². The number of amides is 15. The van der Waals surface area contributed by atoms with Gasteiger partial charge in [-0.15, -0.1) is 16.9 Å². The number of carbonyl (C=O) groups excluding carboxylic acids is 15. The zero-order valence-electron chi connectivity index (χ0n) is 80.3. The van der Waals surface area contributed by atoms with Gasteiger partial charge in [-0.05, 0) is 165 Å². The number of unbranched alkanes of at least 4 members (excludes halogenated alkanes) is 4. The van der Waals surface area contributed by atoms with Crippen molar-refractivity contribution in [3.63, 3.8) is 0 Å². The number of aliphatic hydroxyl groups excluding tert-OH is 1. The number of nitrogens with two attached hydrogens (primary N) is 3. The number of nitrogens with zero attached hydrogens (tertiary/aromatic N) is 9. The predicted molar refractivity (Wildman–Crippen MR) is 520 cm³/mol. The molecule has 4 aromatic carbocycles. The van der Waals surface area contributed by atoms with E-state index in [4.69, 9.17) is 17.2 Å². The molecule has 3 saturated heterocycles. The standard InChI is InChI=1S/C97H134N24O19S/c1-6-8-30-76-90(133)109-70(42-56(3)4)87(130)113-75(85(128)103-51-81(100)124)53-141-54-82(125)105-73(43-57-34-36-62(122)37-35-57)95(138)118-40-19-16-32-77(118)92(135)112-74(48-83(126)127)96(139)119-41-21-33-78(119)91(134)111-72(46-61-50-101-55-104-61)89(132)107-68(29-15-18-39-99)94(137)120-52-63(123)47-80(120)93(136)110-71(45-60-49-102-66-27-13-12-26-65(60)66)88(131)106-67(28-14-17-38-98)86(129)108-69(44-59-24-20-23-58-22-10-11-25-64(58)59)84-114-115-116-121(84)79(31-9-7-2)97(140)117(76)5/h10-13,20,22-27,34-37,49-50,55-56,63,67-80,102,122-123H,6-9,14-19,21,28-33,38-48,51-54,98-99H2,1-5H3,(H2,100,124)(H,101,104)(H,103,128)(H,105,125)(H,106,131)(H,107,132)(H,108,129)(H,109,133)(H,110,136)(H,111,134)(H,112,135)(H,113,130)(H,126,127)/t63-,67+,68+,69+,70+,71+,72+,73+,74+,75+,76+,77+,78+,79+,80+/m1/s1. The number of likely N-dealkylation sites (N-methyl/N-ethyl adjacent to an activating group) is 1. The minimum Gasteiger partial charge on any atom is -0.508 e. The fourth-order valence-corrected chi connectivity index (χ4v) is 19.5. The number of carbonyl (C=O) groups is 16. The molecule has 21 N–H and O–H groups in total. The maximum Gasteiger partial charge on any atom is 0.305 e. The number of primary amides is 1. The van der Waals surface area contributed by atoms with Crippen molar-refractivity contribution in [2.45, 2.75) is 272 Å². The molecule has 0 unspecified atom stereocenters. The number of carboxylic acids is 1. The first kappa shape index (κ1) is 108. The average molecular weight is 1970 g/mol. The Labute approximate surface area is 820 Å². The molecule has 4 aliphatic heterocycles. The van der Waals surface area contributed by atoms with Crippen LogP contribution in [0.3, 0.4) is 0 Å². The number of aromatic nitrogens is 7. The summed E-state index contributed by atoms with van der Waals surface area (Å²) < 4.78 is 1.32. The summed E-state index contributed by atoms with van der Waals surface area (Å²) in [5.74, 6) is -15.8. The van der Waals surface area contributed by atoms with E-state index in [2.05, 4.69) is 83.6 Å². The predicted octanol–water partition coefficient (Wildman–Crippen LogP) is 0.952. The summed E-state index contributed by atoms with van der Waals surface area (Å²) >= 11 is 0.823. The van der Waals surface area contributed by atoms with E-state index in [0.717, 1.165) is 32.3 Å². The molecule has 0 saturated carbocycles. The highest BCUT2D eigenvalue weighted by molar-refractivity contribution is 8.00. The molecule has 0 radical (unpaired) electrons. The van der Waals surface area contributed by atoms with Gasteiger partial charge in [0.2, 0.25) is 88.6 Å². The second kappa shape index (κ2) is 52.7. The number of hydrogen-bond donors (Lipinski definition) is 18. The van der Waals surface area contributed by atoms with Crippen LogP contribution in [0.25, 0.3) is 21.7 Å². The lowest BCUT2D eigenvalue weighted by molar-refractivity contribution is -0.149. The largest absolute Gasteiger partial charge is 0.508 e. The molecule has 0 spiro atoms. The number of thioether (sulfide) groups is 1. The van der Waals surface area contributed by atoms with Crippen LogP contribution in [0.2, 0.25) is 0 Å². The summed E-state index contributed by atoms with van der Waals surface area (Å²) in [5.41, 5.74) is 20.3. The number of rotatable bonds is 29. The third-order valence-corrected chi connectivity index (χ3v) is 27.1. The van der Waals surface area contributed by atoms with Gasteiger partial charge in [-0.1, -0.05) is 126 Å². The maximum atomic E-state index is 16.0. The monoisotopic (exact) mass is 1970 g/mol. The van der Waals surface area contributed by atoms with Gasteiger partial charge in [0, 0.05) is 93.5 Å². The number of aliphatic hydroxyl groups is 1. The third-order valence-electron chi connectivity index (χ3n) is 26.0. The molecule has 762 valence electrons. The van der Waals surface area contributed by atoms with Crippen LogP contribution in [0, 0.1) is 5.92 Å². The smallest absolute Gasteiger partial charge is 0.305 e. The fourth-order valence-electron chi connectivity index (χ4n) is 18.6. The first-order valence-electron chi connectivity index (χ1n) is 48.7. The highest BCUT2D eigenvalue weighted by atomic mass is 32.2. The van der Waals surface area contributed by atoms with Crippen molar-refractivity contribution in [3.8, 4) is 5.75 Å². The van der Waals surface area contributed by atoms with Gasteiger partial charge in [0.15, 0.2) is 5.82 Å². The number of aromatic hydroxyl groups is 1. The van der Waals surface area contributed by atoms with E-state index in [1.54, 1.807) is 32.2 Å². The Hall–Kier alpha value is -13.5. The van der Waals surface area contributed by atoms with Crippen LogP contribution in [-0.4, -0.2) is 301 Å². The second-order valence-electron chi connectivity index (χ2n) is 37.0. The number of H-pyrrole nitrogens is 2. The molecule has 141 heavy (non-hydrogen) atoms. The molecule has 3 fully saturated rings. The topological polar surface area (TPSA) is 633 Å². The van der Waals surface area contributed by atoms with Crippen LogP contribution >= 0.6 is 11.8 Å². The normalized spacial score (nSPS) is 24.5. The summed E-state index contributed by atoms with van der Waals surface area (Å²) in [7, 11) is 1.44. The zero-order valence-corrected chi connectivity index (χ0v) is 81.1. The summed E-state index contributed by atoms with van der Waals surface area (Å²) in [6.07, 6.45) is 4.82.